The zero-order valence-electron chi connectivity index (χ0n) is 13.8. The van der Waals surface area contributed by atoms with Crippen LogP contribution in [0, 0.1) is 5.92 Å². The summed E-state index contributed by atoms with van der Waals surface area (Å²) in [6, 6.07) is 8.81. The van der Waals surface area contributed by atoms with Crippen molar-refractivity contribution in [3.8, 4) is 5.75 Å². The summed E-state index contributed by atoms with van der Waals surface area (Å²) >= 11 is 1.84. The van der Waals surface area contributed by atoms with E-state index in [9.17, 15) is 0 Å². The third-order valence-corrected chi connectivity index (χ3v) is 4.80. The predicted octanol–water partition coefficient (Wildman–Crippen LogP) is 3.14. The van der Waals surface area contributed by atoms with Crippen molar-refractivity contribution in [2.45, 2.75) is 37.6 Å². The van der Waals surface area contributed by atoms with E-state index in [2.05, 4.69) is 36.6 Å². The van der Waals surface area contributed by atoms with E-state index in [0.717, 1.165) is 30.6 Å². The highest BCUT2D eigenvalue weighted by Crippen LogP contribution is 2.30. The van der Waals surface area contributed by atoms with Gasteiger partial charge in [-0.25, -0.2) is 0 Å². The monoisotopic (exact) mass is 321 g/mol. The van der Waals surface area contributed by atoms with Gasteiger partial charge in [0.05, 0.1) is 7.11 Å². The Morgan fingerprint density at radius 1 is 1.41 bits per heavy atom. The van der Waals surface area contributed by atoms with Crippen molar-refractivity contribution in [1.82, 2.24) is 10.6 Å². The molecule has 0 saturated heterocycles. The predicted molar refractivity (Wildman–Crippen MR) is 95.0 cm³/mol. The van der Waals surface area contributed by atoms with Gasteiger partial charge in [-0.15, -0.1) is 11.8 Å². The molecule has 1 aromatic carbocycles. The van der Waals surface area contributed by atoms with Crippen LogP contribution in [0.1, 0.15) is 26.7 Å². The highest BCUT2D eigenvalue weighted by atomic mass is 32.2. The Balaban J connectivity index is 1.79. The topological polar surface area (TPSA) is 45.7 Å². The molecule has 0 aliphatic heterocycles. The summed E-state index contributed by atoms with van der Waals surface area (Å²) in [5.41, 5.74) is 0. The van der Waals surface area contributed by atoms with Crippen molar-refractivity contribution < 1.29 is 4.74 Å². The number of para-hydroxylation sites is 1. The lowest BCUT2D eigenvalue weighted by Gasteiger charge is -2.13. The molecule has 0 aromatic heterocycles. The number of ether oxygens (including phenoxy) is 1. The molecule has 5 heteroatoms. The molecular formula is C17H27N3OS. The molecule has 4 nitrogen and oxygen atoms in total. The van der Waals surface area contributed by atoms with Crippen LogP contribution in [-0.4, -0.2) is 38.0 Å². The number of rotatable bonds is 8. The van der Waals surface area contributed by atoms with Gasteiger partial charge in [0.15, 0.2) is 5.96 Å². The van der Waals surface area contributed by atoms with Crippen LogP contribution in [0.5, 0.6) is 5.75 Å². The van der Waals surface area contributed by atoms with E-state index < -0.39 is 0 Å². The van der Waals surface area contributed by atoms with E-state index in [1.807, 2.05) is 23.9 Å². The van der Waals surface area contributed by atoms with E-state index in [4.69, 9.17) is 9.73 Å². The normalized spacial score (nSPS) is 16.2. The number of hydrogen-bond donors (Lipinski definition) is 2. The lowest BCUT2D eigenvalue weighted by molar-refractivity contribution is 0.405. The maximum atomic E-state index is 5.39. The largest absolute Gasteiger partial charge is 0.496 e. The molecule has 0 heterocycles. The van der Waals surface area contributed by atoms with Crippen LogP contribution in [0.25, 0.3) is 0 Å². The van der Waals surface area contributed by atoms with Crippen molar-refractivity contribution >= 4 is 17.7 Å². The van der Waals surface area contributed by atoms with Crippen LogP contribution in [-0.2, 0) is 0 Å². The second-order valence-electron chi connectivity index (χ2n) is 5.71. The van der Waals surface area contributed by atoms with E-state index in [1.54, 1.807) is 7.11 Å². The molecule has 1 atom stereocenters. The maximum absolute atomic E-state index is 5.39. The van der Waals surface area contributed by atoms with E-state index in [-0.39, 0.29) is 0 Å². The number of nitrogens with one attached hydrogen (secondary N) is 2. The molecule has 1 aliphatic rings. The van der Waals surface area contributed by atoms with Crippen LogP contribution in [0.15, 0.2) is 34.2 Å². The quantitative estimate of drug-likeness (QED) is 0.439. The second kappa shape index (κ2) is 8.93. The molecule has 1 fully saturated rings. The summed E-state index contributed by atoms with van der Waals surface area (Å²) < 4.78 is 5.39. The summed E-state index contributed by atoms with van der Waals surface area (Å²) in [6.07, 6.45) is 2.53. The van der Waals surface area contributed by atoms with Gasteiger partial charge in [-0.05, 0) is 37.8 Å². The fraction of sp³-hybridized carbons (Fsp3) is 0.588. The van der Waals surface area contributed by atoms with Crippen LogP contribution in [0.4, 0.5) is 0 Å². The SMILES string of the molecule is CCNC(=NCC(C)CSc1ccccc1OC)NC1CC1. The molecule has 1 aliphatic carbocycles. The zero-order valence-corrected chi connectivity index (χ0v) is 14.6. The Hall–Kier alpha value is -1.36. The summed E-state index contributed by atoms with van der Waals surface area (Å²) in [5.74, 6) is 3.46. The Morgan fingerprint density at radius 2 is 2.18 bits per heavy atom. The minimum Gasteiger partial charge on any atom is -0.496 e. The van der Waals surface area contributed by atoms with Gasteiger partial charge in [-0.3, -0.25) is 4.99 Å². The van der Waals surface area contributed by atoms with Gasteiger partial charge in [-0.2, -0.15) is 0 Å². The zero-order chi connectivity index (χ0) is 15.8. The average Bonchev–Trinajstić information content (AvgIpc) is 3.35. The summed E-state index contributed by atoms with van der Waals surface area (Å²) in [5, 5.41) is 6.76. The Labute approximate surface area is 138 Å². The average molecular weight is 321 g/mol. The van der Waals surface area contributed by atoms with Gasteiger partial charge < -0.3 is 15.4 Å². The molecule has 1 saturated carbocycles. The van der Waals surface area contributed by atoms with E-state index in [0.29, 0.717) is 12.0 Å². The molecule has 0 radical (unpaired) electrons. The summed E-state index contributed by atoms with van der Waals surface area (Å²) in [6.45, 7) is 6.09. The number of nitrogens with zero attached hydrogens (tertiary/aromatic N) is 1. The third-order valence-electron chi connectivity index (χ3n) is 3.42. The Morgan fingerprint density at radius 3 is 2.86 bits per heavy atom. The van der Waals surface area contributed by atoms with E-state index >= 15 is 0 Å². The van der Waals surface area contributed by atoms with Crippen molar-refractivity contribution in [3.63, 3.8) is 0 Å². The van der Waals surface area contributed by atoms with E-state index in [1.165, 1.54) is 17.7 Å². The smallest absolute Gasteiger partial charge is 0.191 e. The fourth-order valence-corrected chi connectivity index (χ4v) is 3.05. The molecule has 22 heavy (non-hydrogen) atoms. The minimum atomic E-state index is 0.518. The number of guanidine groups is 1. The standard InChI is InChI=1S/C17H27N3OS/c1-4-18-17(20-14-9-10-14)19-11-13(2)12-22-16-8-6-5-7-15(16)21-3/h5-8,13-14H,4,9-12H2,1-3H3,(H2,18,19,20). The molecule has 1 unspecified atom stereocenters. The summed E-state index contributed by atoms with van der Waals surface area (Å²) in [7, 11) is 1.72. The first kappa shape index (κ1) is 17.0. The number of benzene rings is 1. The first-order valence-electron chi connectivity index (χ1n) is 8.03. The summed E-state index contributed by atoms with van der Waals surface area (Å²) in [4.78, 5) is 5.90. The molecule has 0 bridgehead atoms. The van der Waals surface area contributed by atoms with Gasteiger partial charge in [0.25, 0.3) is 0 Å². The molecule has 0 amide bonds. The molecule has 1 aromatic rings. The van der Waals surface area contributed by atoms with Crippen molar-refractivity contribution in [1.29, 1.82) is 0 Å². The molecule has 0 spiro atoms. The fourth-order valence-electron chi connectivity index (χ4n) is 2.01. The van der Waals surface area contributed by atoms with Gasteiger partial charge in [-0.1, -0.05) is 19.1 Å². The highest BCUT2D eigenvalue weighted by molar-refractivity contribution is 7.99. The first-order chi connectivity index (χ1) is 10.7. The third kappa shape index (κ3) is 5.79. The first-order valence-corrected chi connectivity index (χ1v) is 9.02. The molecule has 2 rings (SSSR count). The number of methoxy groups -OCH3 is 1. The van der Waals surface area contributed by atoms with Crippen molar-refractivity contribution in [2.24, 2.45) is 10.9 Å². The molecule has 122 valence electrons. The number of hydrogen-bond acceptors (Lipinski definition) is 3. The Bertz CT molecular complexity index is 489. The number of aliphatic imine (C=N–C) groups is 1. The van der Waals surface area contributed by atoms with Crippen molar-refractivity contribution in [3.05, 3.63) is 24.3 Å². The maximum Gasteiger partial charge on any atom is 0.191 e. The second-order valence-corrected chi connectivity index (χ2v) is 6.77. The van der Waals surface area contributed by atoms with Crippen LogP contribution >= 0.6 is 11.8 Å². The van der Waals surface area contributed by atoms with Gasteiger partial charge in [0.1, 0.15) is 5.75 Å². The van der Waals surface area contributed by atoms with Gasteiger partial charge in [0, 0.05) is 29.8 Å². The van der Waals surface area contributed by atoms with Crippen molar-refractivity contribution in [2.75, 3.05) is 26.0 Å². The Kier molecular flexibility index (Phi) is 6.90. The van der Waals surface area contributed by atoms with Gasteiger partial charge >= 0.3 is 0 Å². The van der Waals surface area contributed by atoms with Gasteiger partial charge in [0.2, 0.25) is 0 Å². The molecule has 2 N–H and O–H groups in total. The minimum absolute atomic E-state index is 0.518. The molecular weight excluding hydrogens is 294 g/mol. The van der Waals surface area contributed by atoms with Crippen LogP contribution < -0.4 is 15.4 Å². The highest BCUT2D eigenvalue weighted by Gasteiger charge is 2.22. The lowest BCUT2D eigenvalue weighted by atomic mass is 10.2. The number of thioether (sulfide) groups is 1. The van der Waals surface area contributed by atoms with Crippen LogP contribution in [0.3, 0.4) is 0 Å². The lowest BCUT2D eigenvalue weighted by Crippen LogP contribution is -2.38. The van der Waals surface area contributed by atoms with Crippen LogP contribution in [0.2, 0.25) is 0 Å².